The Hall–Kier alpha value is 1.06. The van der Waals surface area contributed by atoms with Crippen LogP contribution in [0.15, 0.2) is 12.3 Å². The van der Waals surface area contributed by atoms with Crippen molar-refractivity contribution >= 4 is 46.5 Å². The molecule has 0 saturated carbocycles. The van der Waals surface area contributed by atoms with Gasteiger partial charge in [0.1, 0.15) is 0 Å². The van der Waals surface area contributed by atoms with Gasteiger partial charge in [-0.05, 0) is 5.70 Å². The van der Waals surface area contributed by atoms with Crippen LogP contribution in [-0.2, 0) is 13.3 Å². The fourth-order valence-electron chi connectivity index (χ4n) is 0.500. The third kappa shape index (κ3) is 5.32. The number of hydrogen-bond acceptors (Lipinski definition) is 3. The van der Waals surface area contributed by atoms with E-state index in [9.17, 15) is 0 Å². The van der Waals surface area contributed by atoms with Gasteiger partial charge >= 0.3 is 46.5 Å². The van der Waals surface area contributed by atoms with Crippen molar-refractivity contribution in [1.29, 1.82) is 0 Å². The van der Waals surface area contributed by atoms with Crippen LogP contribution >= 0.6 is 0 Å². The van der Waals surface area contributed by atoms with Crippen molar-refractivity contribution in [2.75, 3.05) is 21.3 Å². The molecule has 0 heterocycles. The van der Waals surface area contributed by atoms with Crippen LogP contribution in [0.5, 0.6) is 0 Å². The van der Waals surface area contributed by atoms with Gasteiger partial charge < -0.3 is 21.6 Å². The van der Waals surface area contributed by atoms with Gasteiger partial charge in [0.15, 0.2) is 0 Å². The van der Waals surface area contributed by atoms with Crippen LogP contribution in [0.2, 0.25) is 0 Å². The minimum absolute atomic E-state index is 0. The maximum atomic E-state index is 4.96. The van der Waals surface area contributed by atoms with E-state index in [2.05, 4.69) is 6.58 Å². The average molecular weight is 208 g/mol. The molecule has 0 bridgehead atoms. The second-order valence-electron chi connectivity index (χ2n) is 1.42. The fraction of sp³-hybridized carbons (Fsp3) is 0.600. The van der Waals surface area contributed by atoms with Gasteiger partial charge in [-0.1, -0.05) is 6.58 Å². The van der Waals surface area contributed by atoms with Crippen LogP contribution in [0.1, 0.15) is 2.85 Å². The Morgan fingerprint density at radius 3 is 1.45 bits per heavy atom. The predicted octanol–water partition coefficient (Wildman–Crippen LogP) is -0.391. The molecule has 66 valence electrons. The topological polar surface area (TPSA) is 59.2 Å². The summed E-state index contributed by atoms with van der Waals surface area (Å²) in [6, 6.07) is 0. The Kier molecular flexibility index (Phi) is 14.9. The Balaban J connectivity index is -0.0000000533. The molecule has 0 amide bonds. The molecule has 0 aromatic heterocycles. The summed E-state index contributed by atoms with van der Waals surface area (Å²) in [5.41, 5.74) is 1.58. The summed E-state index contributed by atoms with van der Waals surface area (Å²) in [7, 11) is 2.20. The quantitative estimate of drug-likeness (QED) is 0.591. The first-order valence-electron chi connectivity index (χ1n) is 2.53. The molecule has 0 aliphatic heterocycles. The van der Waals surface area contributed by atoms with Gasteiger partial charge in [-0.3, -0.25) is 0 Å². The van der Waals surface area contributed by atoms with E-state index < -0.39 is 8.80 Å². The van der Waals surface area contributed by atoms with Crippen molar-refractivity contribution in [3.63, 3.8) is 0 Å². The summed E-state index contributed by atoms with van der Waals surface area (Å²) in [4.78, 5) is 0. The SMILES string of the molecule is C=C[Si](OC)(OC)OC.O.[Ca+2].[H-].[H-]. The first kappa shape index (κ1) is 18.0. The standard InChI is InChI=1S/C5H12O3Si.Ca.H2O.2H/c1-5-9(6-2,7-3)8-4;;;;/h5H,1H2,2-4H3;;1H2;;/q;+2;;2*-1. The Morgan fingerprint density at radius 2 is 1.45 bits per heavy atom. The van der Waals surface area contributed by atoms with Gasteiger partial charge in [0, 0.05) is 21.3 Å². The molecule has 0 aromatic rings. The van der Waals surface area contributed by atoms with Crippen molar-refractivity contribution in [2.45, 2.75) is 0 Å². The Morgan fingerprint density at radius 1 is 1.18 bits per heavy atom. The van der Waals surface area contributed by atoms with Crippen molar-refractivity contribution in [3.8, 4) is 0 Å². The van der Waals surface area contributed by atoms with E-state index in [0.29, 0.717) is 0 Å². The number of rotatable bonds is 4. The molecule has 4 nitrogen and oxygen atoms in total. The van der Waals surface area contributed by atoms with Gasteiger partial charge in [0.2, 0.25) is 0 Å². The largest absolute Gasteiger partial charge is 2.00 e. The fourth-order valence-corrected chi connectivity index (χ4v) is 1.50. The van der Waals surface area contributed by atoms with Crippen LogP contribution < -0.4 is 0 Å². The molecule has 2 N–H and O–H groups in total. The second-order valence-corrected chi connectivity index (χ2v) is 4.26. The minimum atomic E-state index is -2.43. The zero-order chi connectivity index (χ0) is 7.33. The van der Waals surface area contributed by atoms with Gasteiger partial charge in [0.05, 0.1) is 0 Å². The maximum absolute atomic E-state index is 4.96. The van der Waals surface area contributed by atoms with Gasteiger partial charge in [-0.15, -0.1) is 0 Å². The third-order valence-corrected chi connectivity index (χ3v) is 3.31. The van der Waals surface area contributed by atoms with E-state index in [1.807, 2.05) is 0 Å². The molecule has 0 saturated heterocycles. The summed E-state index contributed by atoms with van der Waals surface area (Å²) < 4.78 is 14.9. The monoisotopic (exact) mass is 208 g/mol. The van der Waals surface area contributed by atoms with Gasteiger partial charge in [0.25, 0.3) is 0 Å². The van der Waals surface area contributed by atoms with Crippen LogP contribution in [-0.4, -0.2) is 73.3 Å². The van der Waals surface area contributed by atoms with Crippen molar-refractivity contribution in [1.82, 2.24) is 0 Å². The van der Waals surface area contributed by atoms with Crippen LogP contribution in [0.3, 0.4) is 0 Å². The van der Waals surface area contributed by atoms with Crippen molar-refractivity contribution in [3.05, 3.63) is 12.3 Å². The van der Waals surface area contributed by atoms with Crippen LogP contribution in [0.4, 0.5) is 0 Å². The van der Waals surface area contributed by atoms with E-state index in [1.54, 1.807) is 27.0 Å². The van der Waals surface area contributed by atoms with E-state index in [0.717, 1.165) is 0 Å². The van der Waals surface area contributed by atoms with Crippen molar-refractivity contribution in [2.24, 2.45) is 0 Å². The van der Waals surface area contributed by atoms with Crippen LogP contribution in [0, 0.1) is 0 Å². The Labute approximate surface area is 101 Å². The van der Waals surface area contributed by atoms with Gasteiger partial charge in [-0.25, -0.2) is 0 Å². The van der Waals surface area contributed by atoms with Crippen LogP contribution in [0.25, 0.3) is 0 Å². The Bertz CT molecular complexity index is 96.3. The van der Waals surface area contributed by atoms with E-state index in [1.165, 1.54) is 0 Å². The normalized spacial score (nSPS) is 9.36. The van der Waals surface area contributed by atoms with Crippen molar-refractivity contribution < 1.29 is 21.6 Å². The summed E-state index contributed by atoms with van der Waals surface area (Å²) in [5.74, 6) is 0. The molecule has 0 aliphatic rings. The predicted molar refractivity (Wildman–Crippen MR) is 48.6 cm³/mol. The molecule has 0 aliphatic carbocycles. The third-order valence-electron chi connectivity index (χ3n) is 1.10. The molecule has 0 unspecified atom stereocenters. The number of hydrogen-bond donors (Lipinski definition) is 0. The summed E-state index contributed by atoms with van der Waals surface area (Å²) in [5, 5.41) is 0. The molecule has 6 heteroatoms. The molecule has 0 aromatic carbocycles. The molecule has 0 rings (SSSR count). The average Bonchev–Trinajstić information content (AvgIpc) is 1.95. The second kappa shape index (κ2) is 9.15. The zero-order valence-electron chi connectivity index (χ0n) is 9.22. The molecular formula is C5H16CaO4Si. The molecule has 0 atom stereocenters. The molecule has 11 heavy (non-hydrogen) atoms. The zero-order valence-corrected chi connectivity index (χ0v) is 10.4. The maximum Gasteiger partial charge on any atom is 2.00 e. The summed E-state index contributed by atoms with van der Waals surface area (Å²) in [6.07, 6.45) is 0. The molecule has 0 spiro atoms. The molecular weight excluding hydrogens is 192 g/mol. The van der Waals surface area contributed by atoms with E-state index in [-0.39, 0.29) is 46.1 Å². The summed E-state index contributed by atoms with van der Waals surface area (Å²) in [6.45, 7) is 3.53. The minimum Gasteiger partial charge on any atom is -1.00 e. The first-order chi connectivity index (χ1) is 4.24. The molecule has 0 fully saturated rings. The van der Waals surface area contributed by atoms with E-state index in [4.69, 9.17) is 13.3 Å². The smallest absolute Gasteiger partial charge is 1.00 e. The van der Waals surface area contributed by atoms with E-state index >= 15 is 0 Å². The molecule has 0 radical (unpaired) electrons. The first-order valence-corrected chi connectivity index (χ1v) is 4.34. The van der Waals surface area contributed by atoms with Gasteiger partial charge in [-0.2, -0.15) is 0 Å². The summed E-state index contributed by atoms with van der Waals surface area (Å²) >= 11 is 0.